The molecule has 1 aliphatic heterocycles. The highest BCUT2D eigenvalue weighted by molar-refractivity contribution is 4.93. The second-order valence-electron chi connectivity index (χ2n) is 3.87. The summed E-state index contributed by atoms with van der Waals surface area (Å²) in [6.45, 7) is 0.527. The van der Waals surface area contributed by atoms with Crippen molar-refractivity contribution < 1.29 is 13.5 Å². The van der Waals surface area contributed by atoms with Crippen LogP contribution in [-0.4, -0.2) is 31.7 Å². The molecule has 1 aliphatic carbocycles. The van der Waals surface area contributed by atoms with Crippen LogP contribution in [0.15, 0.2) is 0 Å². The van der Waals surface area contributed by atoms with Gasteiger partial charge in [0.25, 0.3) is 6.43 Å². The SMILES string of the molecule is FC(F)CNC1CCOC1C1CC1. The lowest BCUT2D eigenvalue weighted by Crippen LogP contribution is -2.40. The van der Waals surface area contributed by atoms with E-state index < -0.39 is 6.43 Å². The molecule has 13 heavy (non-hydrogen) atoms. The monoisotopic (exact) mass is 191 g/mol. The molecule has 2 aliphatic rings. The number of hydrogen-bond acceptors (Lipinski definition) is 2. The number of hydrogen-bond donors (Lipinski definition) is 1. The molecule has 1 N–H and O–H groups in total. The van der Waals surface area contributed by atoms with Crippen molar-refractivity contribution in [1.29, 1.82) is 0 Å². The van der Waals surface area contributed by atoms with Crippen molar-refractivity contribution in [3.63, 3.8) is 0 Å². The summed E-state index contributed by atoms with van der Waals surface area (Å²) in [4.78, 5) is 0. The minimum absolute atomic E-state index is 0.168. The van der Waals surface area contributed by atoms with Gasteiger partial charge in [-0.1, -0.05) is 0 Å². The molecule has 1 saturated heterocycles. The third-order valence-corrected chi connectivity index (χ3v) is 2.76. The Balaban J connectivity index is 1.76. The van der Waals surface area contributed by atoms with Gasteiger partial charge >= 0.3 is 0 Å². The lowest BCUT2D eigenvalue weighted by atomic mass is 10.1. The van der Waals surface area contributed by atoms with Crippen LogP contribution in [0.25, 0.3) is 0 Å². The molecule has 2 fully saturated rings. The highest BCUT2D eigenvalue weighted by Gasteiger charge is 2.40. The molecule has 0 radical (unpaired) electrons. The zero-order valence-electron chi connectivity index (χ0n) is 7.51. The summed E-state index contributed by atoms with van der Waals surface area (Å²) in [7, 11) is 0. The number of halogens is 2. The van der Waals surface area contributed by atoms with Gasteiger partial charge < -0.3 is 10.1 Å². The Hall–Kier alpha value is -0.220. The summed E-state index contributed by atoms with van der Waals surface area (Å²) in [5, 5.41) is 2.88. The first-order chi connectivity index (χ1) is 6.27. The Kier molecular flexibility index (Phi) is 2.79. The predicted octanol–water partition coefficient (Wildman–Crippen LogP) is 1.41. The van der Waals surface area contributed by atoms with Gasteiger partial charge in [0.05, 0.1) is 12.6 Å². The molecule has 0 aromatic rings. The molecule has 1 heterocycles. The normalized spacial score (nSPS) is 34.4. The van der Waals surface area contributed by atoms with Crippen LogP contribution in [-0.2, 0) is 4.74 Å². The molecule has 2 nitrogen and oxygen atoms in total. The topological polar surface area (TPSA) is 21.3 Å². The van der Waals surface area contributed by atoms with E-state index in [0.717, 1.165) is 13.0 Å². The van der Waals surface area contributed by atoms with Crippen molar-refractivity contribution in [2.45, 2.75) is 37.8 Å². The first kappa shape index (κ1) is 9.34. The van der Waals surface area contributed by atoms with E-state index in [1.807, 2.05) is 0 Å². The standard InChI is InChI=1S/C9H15F2NO/c10-8(11)5-12-7-3-4-13-9(7)6-1-2-6/h6-9,12H,1-5H2. The molecule has 4 heteroatoms. The van der Waals surface area contributed by atoms with Crippen LogP contribution in [0.5, 0.6) is 0 Å². The van der Waals surface area contributed by atoms with E-state index in [1.165, 1.54) is 12.8 Å². The van der Waals surface area contributed by atoms with Crippen molar-refractivity contribution in [3.8, 4) is 0 Å². The van der Waals surface area contributed by atoms with Gasteiger partial charge in [-0.25, -0.2) is 8.78 Å². The van der Waals surface area contributed by atoms with Crippen LogP contribution in [0.4, 0.5) is 8.78 Å². The molecular formula is C9H15F2NO. The molecular weight excluding hydrogens is 176 g/mol. The highest BCUT2D eigenvalue weighted by atomic mass is 19.3. The van der Waals surface area contributed by atoms with E-state index in [1.54, 1.807) is 0 Å². The Morgan fingerprint density at radius 1 is 1.31 bits per heavy atom. The molecule has 2 atom stereocenters. The molecule has 0 amide bonds. The van der Waals surface area contributed by atoms with E-state index in [0.29, 0.717) is 5.92 Å². The predicted molar refractivity (Wildman–Crippen MR) is 44.9 cm³/mol. The minimum Gasteiger partial charge on any atom is -0.376 e. The van der Waals surface area contributed by atoms with Crippen LogP contribution in [0.1, 0.15) is 19.3 Å². The van der Waals surface area contributed by atoms with Crippen molar-refractivity contribution in [3.05, 3.63) is 0 Å². The van der Waals surface area contributed by atoms with Crippen molar-refractivity contribution in [2.75, 3.05) is 13.2 Å². The van der Waals surface area contributed by atoms with Gasteiger partial charge in [-0.05, 0) is 25.2 Å². The maximum atomic E-state index is 11.9. The van der Waals surface area contributed by atoms with E-state index >= 15 is 0 Å². The van der Waals surface area contributed by atoms with Gasteiger partial charge in [0, 0.05) is 12.6 Å². The minimum atomic E-state index is -2.25. The fourth-order valence-corrected chi connectivity index (χ4v) is 1.96. The Morgan fingerprint density at radius 2 is 2.08 bits per heavy atom. The number of rotatable bonds is 4. The largest absolute Gasteiger partial charge is 0.376 e. The molecule has 0 bridgehead atoms. The van der Waals surface area contributed by atoms with Crippen LogP contribution in [0.2, 0.25) is 0 Å². The first-order valence-electron chi connectivity index (χ1n) is 4.90. The van der Waals surface area contributed by atoms with Crippen LogP contribution >= 0.6 is 0 Å². The molecule has 0 aromatic carbocycles. The zero-order chi connectivity index (χ0) is 9.26. The summed E-state index contributed by atoms with van der Waals surface area (Å²) in [5.74, 6) is 0.637. The average Bonchev–Trinajstić information content (AvgIpc) is 2.82. The van der Waals surface area contributed by atoms with Gasteiger partial charge in [-0.3, -0.25) is 0 Å². The fourth-order valence-electron chi connectivity index (χ4n) is 1.96. The molecule has 2 unspecified atom stereocenters. The maximum absolute atomic E-state index is 11.9. The summed E-state index contributed by atoms with van der Waals surface area (Å²) in [6, 6.07) is 0.168. The number of ether oxygens (including phenoxy) is 1. The molecule has 0 spiro atoms. The smallest absolute Gasteiger partial charge is 0.250 e. The van der Waals surface area contributed by atoms with E-state index in [-0.39, 0.29) is 18.7 Å². The van der Waals surface area contributed by atoms with Crippen LogP contribution in [0.3, 0.4) is 0 Å². The second-order valence-corrected chi connectivity index (χ2v) is 3.87. The second kappa shape index (κ2) is 3.88. The average molecular weight is 191 g/mol. The van der Waals surface area contributed by atoms with Crippen LogP contribution < -0.4 is 5.32 Å². The first-order valence-corrected chi connectivity index (χ1v) is 4.90. The van der Waals surface area contributed by atoms with Gasteiger partial charge in [-0.15, -0.1) is 0 Å². The Morgan fingerprint density at radius 3 is 2.69 bits per heavy atom. The third kappa shape index (κ3) is 2.38. The molecule has 0 aromatic heterocycles. The summed E-state index contributed by atoms with van der Waals surface area (Å²) < 4.78 is 29.4. The third-order valence-electron chi connectivity index (χ3n) is 2.76. The number of nitrogens with one attached hydrogen (secondary N) is 1. The fraction of sp³-hybridized carbons (Fsp3) is 1.00. The van der Waals surface area contributed by atoms with Gasteiger partial charge in [0.1, 0.15) is 0 Å². The van der Waals surface area contributed by atoms with Crippen molar-refractivity contribution in [2.24, 2.45) is 5.92 Å². The van der Waals surface area contributed by atoms with E-state index in [9.17, 15) is 8.78 Å². The summed E-state index contributed by atoms with van der Waals surface area (Å²) in [5.41, 5.74) is 0. The summed E-state index contributed by atoms with van der Waals surface area (Å²) >= 11 is 0. The highest BCUT2D eigenvalue weighted by Crippen LogP contribution is 2.38. The van der Waals surface area contributed by atoms with Crippen molar-refractivity contribution >= 4 is 0 Å². The zero-order valence-corrected chi connectivity index (χ0v) is 7.51. The van der Waals surface area contributed by atoms with Gasteiger partial charge in [0.15, 0.2) is 0 Å². The summed E-state index contributed by atoms with van der Waals surface area (Å²) in [6.07, 6.45) is 1.25. The molecule has 1 saturated carbocycles. The molecule has 76 valence electrons. The van der Waals surface area contributed by atoms with E-state index in [2.05, 4.69) is 5.32 Å². The Labute approximate surface area is 76.6 Å². The maximum Gasteiger partial charge on any atom is 0.250 e. The van der Waals surface area contributed by atoms with Gasteiger partial charge in [-0.2, -0.15) is 0 Å². The Bertz CT molecular complexity index is 173. The molecule has 2 rings (SSSR count). The lowest BCUT2D eigenvalue weighted by molar-refractivity contribution is 0.0745. The van der Waals surface area contributed by atoms with Crippen molar-refractivity contribution in [1.82, 2.24) is 5.32 Å². The van der Waals surface area contributed by atoms with Crippen LogP contribution in [0, 0.1) is 5.92 Å². The lowest BCUT2D eigenvalue weighted by Gasteiger charge is -2.18. The number of alkyl halides is 2. The van der Waals surface area contributed by atoms with Gasteiger partial charge in [0.2, 0.25) is 0 Å². The quantitative estimate of drug-likeness (QED) is 0.725. The van der Waals surface area contributed by atoms with E-state index in [4.69, 9.17) is 4.74 Å².